The molecule has 0 aliphatic heterocycles. The molecule has 1 aromatic carbocycles. The molecule has 0 saturated carbocycles. The fourth-order valence-electron chi connectivity index (χ4n) is 3.75. The minimum atomic E-state index is -0.154. The van der Waals surface area contributed by atoms with Crippen LogP contribution in [0.5, 0.6) is 0 Å². The van der Waals surface area contributed by atoms with Crippen molar-refractivity contribution in [3.05, 3.63) is 85.9 Å². The zero-order valence-corrected chi connectivity index (χ0v) is 18.4. The monoisotopic (exact) mass is 508 g/mol. The van der Waals surface area contributed by atoms with Gasteiger partial charge in [-0.3, -0.25) is 0 Å². The topological polar surface area (TPSA) is 52.0 Å². The summed E-state index contributed by atoms with van der Waals surface area (Å²) in [4.78, 5) is 34.6. The number of Topliss-reactive ketones (excluding diaryl/α,β-unsaturated/α-hetero) is 2. The van der Waals surface area contributed by atoms with Gasteiger partial charge >= 0.3 is 178 Å². The van der Waals surface area contributed by atoms with Gasteiger partial charge in [0.05, 0.1) is 0 Å². The number of nitrogens with zero attached hydrogens (tertiary/aromatic N) is 2. The number of rotatable bonds is 2. The Balaban J connectivity index is 1.41. The summed E-state index contributed by atoms with van der Waals surface area (Å²) in [6.45, 7) is 0. The molecule has 0 bridgehead atoms. The van der Waals surface area contributed by atoms with Crippen LogP contribution < -0.4 is 0 Å². The van der Waals surface area contributed by atoms with Gasteiger partial charge in [-0.2, -0.15) is 0 Å². The first-order valence-electron chi connectivity index (χ1n) is 9.02. The van der Waals surface area contributed by atoms with Gasteiger partial charge in [0.15, 0.2) is 0 Å². The van der Waals surface area contributed by atoms with E-state index in [9.17, 15) is 9.59 Å². The summed E-state index contributed by atoms with van der Waals surface area (Å²) in [7, 11) is 0. The summed E-state index contributed by atoms with van der Waals surface area (Å²) in [6, 6.07) is 13.8. The SMILES string of the molecule is O=C1C(=Cc2ccc(-n3ccc4cccnc43)[se]2)C(=O)c2cc3c[se]cc3cc21. The Morgan fingerprint density at radius 1 is 0.897 bits per heavy atom. The van der Waals surface area contributed by atoms with E-state index in [0.29, 0.717) is 25.6 Å². The van der Waals surface area contributed by atoms with Gasteiger partial charge in [-0.15, -0.1) is 0 Å². The number of hydrogen-bond donors (Lipinski definition) is 0. The number of hydrogen-bond acceptors (Lipinski definition) is 3. The number of carbonyl (C=O) groups excluding carboxylic acids is 2. The van der Waals surface area contributed by atoms with Crippen molar-refractivity contribution in [3.63, 3.8) is 0 Å². The van der Waals surface area contributed by atoms with Gasteiger partial charge in [0.2, 0.25) is 0 Å². The van der Waals surface area contributed by atoms with Crippen molar-refractivity contribution in [1.82, 2.24) is 9.55 Å². The molecule has 0 saturated heterocycles. The maximum absolute atomic E-state index is 12.9. The Hall–Kier alpha value is -2.75. The van der Waals surface area contributed by atoms with Crippen molar-refractivity contribution < 1.29 is 9.59 Å². The van der Waals surface area contributed by atoms with E-state index in [1.54, 1.807) is 12.3 Å². The van der Waals surface area contributed by atoms with Crippen molar-refractivity contribution in [2.45, 2.75) is 0 Å². The third-order valence-corrected chi connectivity index (χ3v) is 8.98. The van der Waals surface area contributed by atoms with E-state index in [1.165, 1.54) is 0 Å². The van der Waals surface area contributed by atoms with E-state index in [1.807, 2.05) is 42.6 Å². The van der Waals surface area contributed by atoms with E-state index in [4.69, 9.17) is 0 Å². The van der Waals surface area contributed by atoms with Crippen LogP contribution in [0.2, 0.25) is 0 Å². The standard InChI is InChI=1S/C23H12N2O2Se2/c26-21-17-8-14-11-28-12-15(14)9-18(17)22(27)19(21)10-16-3-4-20(29-16)25-7-5-13-2-1-6-24-23(13)25/h1-12H. The number of ketones is 2. The number of carbonyl (C=O) groups is 2. The molecular weight excluding hydrogens is 494 g/mol. The number of benzene rings is 1. The summed E-state index contributed by atoms with van der Waals surface area (Å²) in [5, 5.41) is 3.24. The number of fused-ring (bicyclic) bond motifs is 3. The predicted octanol–water partition coefficient (Wildman–Crippen LogP) is 3.76. The third-order valence-electron chi connectivity index (χ3n) is 5.18. The quantitative estimate of drug-likeness (QED) is 0.208. The third kappa shape index (κ3) is 2.61. The number of allylic oxidation sites excluding steroid dienone is 1. The average Bonchev–Trinajstić information content (AvgIpc) is 3.50. The van der Waals surface area contributed by atoms with E-state index < -0.39 is 0 Å². The molecule has 4 nitrogen and oxygen atoms in total. The Morgan fingerprint density at radius 3 is 2.41 bits per heavy atom. The molecule has 138 valence electrons. The Labute approximate surface area is 177 Å². The van der Waals surface area contributed by atoms with Gasteiger partial charge in [0, 0.05) is 0 Å². The average molecular weight is 506 g/mol. The molecule has 0 N–H and O–H groups in total. The summed E-state index contributed by atoms with van der Waals surface area (Å²) >= 11 is 0.316. The maximum atomic E-state index is 12.9. The molecule has 29 heavy (non-hydrogen) atoms. The van der Waals surface area contributed by atoms with Crippen LogP contribution in [0.4, 0.5) is 0 Å². The summed E-state index contributed by atoms with van der Waals surface area (Å²) < 4.78 is 4.24. The van der Waals surface area contributed by atoms with E-state index in [0.717, 1.165) is 30.8 Å². The van der Waals surface area contributed by atoms with Gasteiger partial charge in [-0.1, -0.05) is 0 Å². The second-order valence-electron chi connectivity index (χ2n) is 6.89. The van der Waals surface area contributed by atoms with E-state index in [2.05, 4.69) is 25.5 Å². The Bertz CT molecular complexity index is 1450. The van der Waals surface area contributed by atoms with Gasteiger partial charge in [0.25, 0.3) is 0 Å². The summed E-state index contributed by atoms with van der Waals surface area (Å²) in [6.07, 6.45) is 5.60. The van der Waals surface area contributed by atoms with Crippen molar-refractivity contribution in [3.8, 4) is 4.56 Å². The van der Waals surface area contributed by atoms with Crippen LogP contribution in [0, 0.1) is 0 Å². The summed E-state index contributed by atoms with van der Waals surface area (Å²) in [5.74, 6) is -0.308. The fraction of sp³-hybridized carbons (Fsp3) is 0. The van der Waals surface area contributed by atoms with E-state index in [-0.39, 0.29) is 31.6 Å². The van der Waals surface area contributed by atoms with Crippen LogP contribution in [0.15, 0.2) is 70.3 Å². The molecule has 1 aliphatic carbocycles. The first kappa shape index (κ1) is 17.1. The first-order chi connectivity index (χ1) is 14.2. The van der Waals surface area contributed by atoms with Gasteiger partial charge in [-0.05, 0) is 0 Å². The Morgan fingerprint density at radius 2 is 1.66 bits per heavy atom. The molecule has 0 fully saturated rings. The molecular formula is C23H12N2O2Se2. The van der Waals surface area contributed by atoms with Crippen LogP contribution in [-0.4, -0.2) is 50.1 Å². The molecule has 0 radical (unpaired) electrons. The number of aromatic nitrogens is 2. The molecule has 0 spiro atoms. The molecule has 4 aromatic heterocycles. The first-order valence-corrected chi connectivity index (χ1v) is 12.7. The fourth-order valence-corrected chi connectivity index (χ4v) is 7.33. The van der Waals surface area contributed by atoms with Gasteiger partial charge in [0.1, 0.15) is 0 Å². The second kappa shape index (κ2) is 6.38. The minimum absolute atomic E-state index is 0.00234. The molecule has 6 heteroatoms. The van der Waals surface area contributed by atoms with Crippen LogP contribution in [0.3, 0.4) is 0 Å². The van der Waals surface area contributed by atoms with Crippen LogP contribution in [0.25, 0.3) is 32.4 Å². The zero-order chi connectivity index (χ0) is 19.5. The molecule has 0 atom stereocenters. The van der Waals surface area contributed by atoms with Crippen molar-refractivity contribution in [2.24, 2.45) is 0 Å². The zero-order valence-electron chi connectivity index (χ0n) is 15.0. The number of pyridine rings is 1. The van der Waals surface area contributed by atoms with Crippen molar-refractivity contribution in [2.75, 3.05) is 0 Å². The molecule has 4 heterocycles. The molecule has 0 amide bonds. The van der Waals surface area contributed by atoms with Crippen LogP contribution >= 0.6 is 0 Å². The summed E-state index contributed by atoms with van der Waals surface area (Å²) in [5.41, 5.74) is 2.30. The van der Waals surface area contributed by atoms with Gasteiger partial charge < -0.3 is 0 Å². The van der Waals surface area contributed by atoms with Crippen molar-refractivity contribution >= 4 is 68.5 Å². The van der Waals surface area contributed by atoms with Crippen LogP contribution in [-0.2, 0) is 0 Å². The molecule has 0 unspecified atom stereocenters. The van der Waals surface area contributed by atoms with E-state index >= 15 is 0 Å². The van der Waals surface area contributed by atoms with Crippen LogP contribution in [0.1, 0.15) is 25.2 Å². The molecule has 5 aromatic rings. The van der Waals surface area contributed by atoms with Gasteiger partial charge in [-0.25, -0.2) is 0 Å². The normalized spacial score (nSPS) is 13.6. The molecule has 1 aliphatic rings. The van der Waals surface area contributed by atoms with Crippen molar-refractivity contribution in [1.29, 1.82) is 0 Å². The predicted molar refractivity (Wildman–Crippen MR) is 116 cm³/mol. The molecule has 6 rings (SSSR count). The Kier molecular flexibility index (Phi) is 3.77. The second-order valence-corrected chi connectivity index (χ2v) is 10.7.